The minimum Gasteiger partial charge on any atom is -0.482 e. The van der Waals surface area contributed by atoms with E-state index < -0.39 is 5.91 Å². The van der Waals surface area contributed by atoms with E-state index in [1.54, 1.807) is 12.1 Å². The van der Waals surface area contributed by atoms with Crippen molar-refractivity contribution in [3.8, 4) is 5.75 Å². The summed E-state index contributed by atoms with van der Waals surface area (Å²) in [6, 6.07) is 4.74. The maximum absolute atomic E-state index is 11.3. The highest BCUT2D eigenvalue weighted by atomic mass is 35.5. The van der Waals surface area contributed by atoms with Crippen molar-refractivity contribution in [3.05, 3.63) is 28.2 Å². The van der Waals surface area contributed by atoms with Crippen LogP contribution in [-0.4, -0.2) is 32.8 Å². The second-order valence-corrected chi connectivity index (χ2v) is 4.07. The molecule has 5 nitrogen and oxygen atoms in total. The second-order valence-electron chi connectivity index (χ2n) is 3.23. The first kappa shape index (κ1) is 15.0. The van der Waals surface area contributed by atoms with E-state index in [4.69, 9.17) is 37.5 Å². The minimum atomic E-state index is -0.419. The predicted molar refractivity (Wildman–Crippen MR) is 67.9 cm³/mol. The van der Waals surface area contributed by atoms with Crippen LogP contribution in [-0.2, 0) is 14.4 Å². The van der Waals surface area contributed by atoms with Gasteiger partial charge in [0, 0.05) is 12.1 Å². The monoisotopic (exact) mass is 293 g/mol. The van der Waals surface area contributed by atoms with Gasteiger partial charge >= 0.3 is 0 Å². The van der Waals surface area contributed by atoms with E-state index in [0.717, 1.165) is 0 Å². The standard InChI is InChI=1S/C11H13Cl2NO4/c1-16-4-5-18-14-11(15)7-17-10-3-2-8(12)6-9(10)13/h2-3,6H,4-5,7H2,1H3,(H,14,15). The number of hydrogen-bond donors (Lipinski definition) is 1. The van der Waals surface area contributed by atoms with Crippen molar-refractivity contribution in [2.45, 2.75) is 0 Å². The third kappa shape index (κ3) is 5.55. The van der Waals surface area contributed by atoms with Gasteiger partial charge in [-0.3, -0.25) is 9.63 Å². The van der Waals surface area contributed by atoms with E-state index in [-0.39, 0.29) is 13.2 Å². The SMILES string of the molecule is COCCONC(=O)COc1ccc(Cl)cc1Cl. The normalized spacial score (nSPS) is 10.2. The van der Waals surface area contributed by atoms with Gasteiger partial charge in [-0.1, -0.05) is 23.2 Å². The molecule has 1 aromatic carbocycles. The molecule has 0 saturated heterocycles. The Balaban J connectivity index is 2.29. The summed E-state index contributed by atoms with van der Waals surface area (Å²) in [6.07, 6.45) is 0. The molecule has 0 aliphatic rings. The summed E-state index contributed by atoms with van der Waals surface area (Å²) in [4.78, 5) is 16.1. The highest BCUT2D eigenvalue weighted by Gasteiger charge is 2.06. The van der Waals surface area contributed by atoms with E-state index in [1.165, 1.54) is 13.2 Å². The van der Waals surface area contributed by atoms with Crippen LogP contribution in [0.5, 0.6) is 5.75 Å². The Morgan fingerprint density at radius 2 is 2.11 bits per heavy atom. The highest BCUT2D eigenvalue weighted by molar-refractivity contribution is 6.35. The topological polar surface area (TPSA) is 56.8 Å². The molecule has 0 radical (unpaired) electrons. The van der Waals surface area contributed by atoms with Crippen LogP contribution in [0.4, 0.5) is 0 Å². The van der Waals surface area contributed by atoms with E-state index in [1.807, 2.05) is 0 Å². The van der Waals surface area contributed by atoms with Crippen molar-refractivity contribution in [2.75, 3.05) is 26.9 Å². The van der Waals surface area contributed by atoms with Gasteiger partial charge in [-0.05, 0) is 18.2 Å². The molecule has 0 unspecified atom stereocenters. The summed E-state index contributed by atoms with van der Waals surface area (Å²) in [7, 11) is 1.54. The smallest absolute Gasteiger partial charge is 0.281 e. The molecular formula is C11H13Cl2NO4. The Hall–Kier alpha value is -1.01. The summed E-state index contributed by atoms with van der Waals surface area (Å²) in [5.74, 6) is -0.0368. The van der Waals surface area contributed by atoms with Crippen LogP contribution in [0.1, 0.15) is 0 Å². The average Bonchev–Trinajstić information content (AvgIpc) is 2.33. The van der Waals surface area contributed by atoms with Crippen LogP contribution in [0.2, 0.25) is 10.0 Å². The van der Waals surface area contributed by atoms with E-state index in [2.05, 4.69) is 5.48 Å². The maximum atomic E-state index is 11.3. The summed E-state index contributed by atoms with van der Waals surface area (Å²) >= 11 is 11.6. The molecule has 0 aliphatic carbocycles. The lowest BCUT2D eigenvalue weighted by Gasteiger charge is -2.08. The summed E-state index contributed by atoms with van der Waals surface area (Å²) in [6.45, 7) is 0.461. The molecule has 0 fully saturated rings. The third-order valence-electron chi connectivity index (χ3n) is 1.83. The molecule has 0 saturated carbocycles. The summed E-state index contributed by atoms with van der Waals surface area (Å²) < 4.78 is 9.94. The van der Waals surface area contributed by atoms with Gasteiger partial charge in [0.05, 0.1) is 18.2 Å². The van der Waals surface area contributed by atoms with Gasteiger partial charge in [-0.25, -0.2) is 5.48 Å². The largest absolute Gasteiger partial charge is 0.482 e. The Kier molecular flexibility index (Phi) is 6.82. The fourth-order valence-electron chi connectivity index (χ4n) is 1.02. The molecule has 0 spiro atoms. The van der Waals surface area contributed by atoms with Gasteiger partial charge in [-0.15, -0.1) is 0 Å². The van der Waals surface area contributed by atoms with Gasteiger partial charge < -0.3 is 9.47 Å². The highest BCUT2D eigenvalue weighted by Crippen LogP contribution is 2.27. The molecule has 0 bridgehead atoms. The second kappa shape index (κ2) is 8.16. The van der Waals surface area contributed by atoms with E-state index >= 15 is 0 Å². The molecule has 1 aromatic rings. The number of hydroxylamine groups is 1. The number of carbonyl (C=O) groups excluding carboxylic acids is 1. The zero-order chi connectivity index (χ0) is 13.4. The first-order valence-corrected chi connectivity index (χ1v) is 5.86. The average molecular weight is 294 g/mol. The fourth-order valence-corrected chi connectivity index (χ4v) is 1.48. The van der Waals surface area contributed by atoms with Crippen molar-refractivity contribution >= 4 is 29.1 Å². The number of carbonyl (C=O) groups is 1. The molecule has 0 heterocycles. The Labute approximate surface area is 115 Å². The summed E-state index contributed by atoms with van der Waals surface area (Å²) in [5.41, 5.74) is 2.21. The number of benzene rings is 1. The number of amides is 1. The Bertz CT molecular complexity index is 401. The van der Waals surface area contributed by atoms with Crippen LogP contribution in [0.3, 0.4) is 0 Å². The number of hydrogen-bond acceptors (Lipinski definition) is 4. The van der Waals surface area contributed by atoms with Crippen molar-refractivity contribution in [3.63, 3.8) is 0 Å². The van der Waals surface area contributed by atoms with Crippen LogP contribution in [0.15, 0.2) is 18.2 Å². The van der Waals surface area contributed by atoms with Gasteiger partial charge in [0.1, 0.15) is 5.75 Å². The third-order valence-corrected chi connectivity index (χ3v) is 2.36. The molecule has 1 N–H and O–H groups in total. The molecule has 1 rings (SSSR count). The van der Waals surface area contributed by atoms with E-state index in [0.29, 0.717) is 22.4 Å². The van der Waals surface area contributed by atoms with E-state index in [9.17, 15) is 4.79 Å². The molecule has 7 heteroatoms. The van der Waals surface area contributed by atoms with Crippen molar-refractivity contribution in [1.82, 2.24) is 5.48 Å². The number of halogens is 2. The molecule has 0 atom stereocenters. The molecule has 18 heavy (non-hydrogen) atoms. The number of nitrogens with one attached hydrogen (secondary N) is 1. The van der Waals surface area contributed by atoms with Crippen LogP contribution < -0.4 is 10.2 Å². The van der Waals surface area contributed by atoms with Crippen LogP contribution in [0.25, 0.3) is 0 Å². The van der Waals surface area contributed by atoms with Gasteiger partial charge in [-0.2, -0.15) is 0 Å². The van der Waals surface area contributed by atoms with Gasteiger partial charge in [0.2, 0.25) is 0 Å². The van der Waals surface area contributed by atoms with Gasteiger partial charge in [0.25, 0.3) is 5.91 Å². The summed E-state index contributed by atoms with van der Waals surface area (Å²) in [5, 5.41) is 0.843. The lowest BCUT2D eigenvalue weighted by atomic mass is 10.3. The quantitative estimate of drug-likeness (QED) is 0.618. The fraction of sp³-hybridized carbons (Fsp3) is 0.364. The maximum Gasteiger partial charge on any atom is 0.281 e. The first-order valence-electron chi connectivity index (χ1n) is 5.11. The molecule has 100 valence electrons. The number of methoxy groups -OCH3 is 1. The molecule has 1 amide bonds. The molecule has 0 aromatic heterocycles. The Morgan fingerprint density at radius 1 is 1.33 bits per heavy atom. The zero-order valence-corrected chi connectivity index (χ0v) is 11.3. The van der Waals surface area contributed by atoms with Crippen molar-refractivity contribution in [2.24, 2.45) is 0 Å². The number of rotatable bonds is 7. The predicted octanol–water partition coefficient (Wildman–Crippen LogP) is 2.07. The minimum absolute atomic E-state index is 0.200. The van der Waals surface area contributed by atoms with Crippen LogP contribution >= 0.6 is 23.2 Å². The molecular weight excluding hydrogens is 281 g/mol. The first-order chi connectivity index (χ1) is 8.63. The van der Waals surface area contributed by atoms with Crippen LogP contribution in [0, 0.1) is 0 Å². The zero-order valence-electron chi connectivity index (χ0n) is 9.74. The lowest BCUT2D eigenvalue weighted by molar-refractivity contribution is -0.136. The molecule has 0 aliphatic heterocycles. The van der Waals surface area contributed by atoms with Gasteiger partial charge in [0.15, 0.2) is 6.61 Å². The Morgan fingerprint density at radius 3 is 2.78 bits per heavy atom. The van der Waals surface area contributed by atoms with Crippen molar-refractivity contribution in [1.29, 1.82) is 0 Å². The number of ether oxygens (including phenoxy) is 2. The van der Waals surface area contributed by atoms with Crippen molar-refractivity contribution < 1.29 is 19.1 Å². The lowest BCUT2D eigenvalue weighted by Crippen LogP contribution is -2.30.